The van der Waals surface area contributed by atoms with Gasteiger partial charge in [0, 0.05) is 38.1 Å². The molecule has 2 aliphatic heterocycles. The quantitative estimate of drug-likeness (QED) is 0.853. The first-order valence-corrected chi connectivity index (χ1v) is 7.91. The fourth-order valence-corrected chi connectivity index (χ4v) is 3.91. The van der Waals surface area contributed by atoms with E-state index in [1.807, 2.05) is 7.05 Å². The van der Waals surface area contributed by atoms with Crippen LogP contribution in [-0.2, 0) is 18.3 Å². The summed E-state index contributed by atoms with van der Waals surface area (Å²) in [5, 5.41) is 11.8. The van der Waals surface area contributed by atoms with Crippen molar-refractivity contribution >= 4 is 0 Å². The highest BCUT2D eigenvalue weighted by Gasteiger charge is 2.44. The minimum Gasteiger partial charge on any atom is -0.381 e. The van der Waals surface area contributed by atoms with Crippen molar-refractivity contribution < 1.29 is 4.74 Å². The molecule has 2 saturated heterocycles. The Kier molecular flexibility index (Phi) is 3.63. The van der Waals surface area contributed by atoms with Crippen LogP contribution in [0.2, 0.25) is 0 Å². The molecular formula is C16H21N5O. The molecule has 22 heavy (non-hydrogen) atoms. The zero-order valence-corrected chi connectivity index (χ0v) is 12.8. The van der Waals surface area contributed by atoms with E-state index in [0.717, 1.165) is 38.5 Å². The Morgan fingerprint density at radius 1 is 1.27 bits per heavy atom. The van der Waals surface area contributed by atoms with Gasteiger partial charge in [0.2, 0.25) is 0 Å². The lowest BCUT2D eigenvalue weighted by Gasteiger charge is -2.32. The predicted octanol–water partition coefficient (Wildman–Crippen LogP) is 1.21. The second-order valence-electron chi connectivity index (χ2n) is 6.26. The third-order valence-corrected chi connectivity index (χ3v) is 5.06. The molecule has 0 N–H and O–H groups in total. The molecule has 6 heteroatoms. The first-order chi connectivity index (χ1) is 10.8. The van der Waals surface area contributed by atoms with Crippen molar-refractivity contribution in [3.63, 3.8) is 0 Å². The SMILES string of the molecule is Cn1nnnc1CN1CC(c2ccccc2)C2COCCC21. The number of aryl methyl sites for hydroxylation is 1. The number of likely N-dealkylation sites (tertiary alicyclic amines) is 1. The predicted molar refractivity (Wildman–Crippen MR) is 81.1 cm³/mol. The van der Waals surface area contributed by atoms with Crippen LogP contribution >= 0.6 is 0 Å². The number of nitrogens with zero attached hydrogens (tertiary/aromatic N) is 5. The summed E-state index contributed by atoms with van der Waals surface area (Å²) in [4.78, 5) is 2.54. The molecule has 116 valence electrons. The van der Waals surface area contributed by atoms with E-state index in [-0.39, 0.29) is 0 Å². The molecule has 0 amide bonds. The molecule has 1 aromatic heterocycles. The standard InChI is InChI=1S/C16H21N5O/c1-20-16(17-18-19-20)10-21-9-13(12-5-3-2-4-6-12)14-11-22-8-7-15(14)21/h2-6,13-15H,7-11H2,1H3. The Bertz CT molecular complexity index is 628. The monoisotopic (exact) mass is 299 g/mol. The molecule has 6 nitrogen and oxygen atoms in total. The zero-order chi connectivity index (χ0) is 14.9. The van der Waals surface area contributed by atoms with E-state index in [1.54, 1.807) is 4.68 Å². The molecule has 0 aliphatic carbocycles. The van der Waals surface area contributed by atoms with Gasteiger partial charge >= 0.3 is 0 Å². The normalized spacial score (nSPS) is 28.7. The number of rotatable bonds is 3. The topological polar surface area (TPSA) is 56.1 Å². The second kappa shape index (κ2) is 5.78. The Balaban J connectivity index is 1.59. The number of tetrazole rings is 1. The lowest BCUT2D eigenvalue weighted by molar-refractivity contribution is 0.0171. The van der Waals surface area contributed by atoms with Crippen LogP contribution < -0.4 is 0 Å². The van der Waals surface area contributed by atoms with Crippen LogP contribution in [0, 0.1) is 5.92 Å². The number of aromatic nitrogens is 4. The summed E-state index contributed by atoms with van der Waals surface area (Å²) in [6, 6.07) is 11.4. The summed E-state index contributed by atoms with van der Waals surface area (Å²) in [7, 11) is 1.90. The summed E-state index contributed by atoms with van der Waals surface area (Å²) < 4.78 is 7.54. The maximum absolute atomic E-state index is 5.77. The van der Waals surface area contributed by atoms with Crippen LogP contribution in [0.15, 0.2) is 30.3 Å². The average Bonchev–Trinajstić information content (AvgIpc) is 3.13. The first kappa shape index (κ1) is 13.8. The Morgan fingerprint density at radius 2 is 2.14 bits per heavy atom. The average molecular weight is 299 g/mol. The van der Waals surface area contributed by atoms with Crippen LogP contribution in [0.4, 0.5) is 0 Å². The van der Waals surface area contributed by atoms with Crippen molar-refractivity contribution in [2.75, 3.05) is 19.8 Å². The number of fused-ring (bicyclic) bond motifs is 1. The van der Waals surface area contributed by atoms with Crippen LogP contribution in [0.25, 0.3) is 0 Å². The lowest BCUT2D eigenvalue weighted by atomic mass is 9.84. The highest BCUT2D eigenvalue weighted by atomic mass is 16.5. The van der Waals surface area contributed by atoms with Gasteiger partial charge in [0.25, 0.3) is 0 Å². The third-order valence-electron chi connectivity index (χ3n) is 5.06. The smallest absolute Gasteiger partial charge is 0.164 e. The van der Waals surface area contributed by atoms with Gasteiger partial charge < -0.3 is 4.74 Å². The second-order valence-corrected chi connectivity index (χ2v) is 6.26. The van der Waals surface area contributed by atoms with Crippen molar-refractivity contribution in [2.24, 2.45) is 13.0 Å². The van der Waals surface area contributed by atoms with E-state index in [1.165, 1.54) is 5.56 Å². The van der Waals surface area contributed by atoms with Gasteiger partial charge in [-0.1, -0.05) is 30.3 Å². The molecule has 3 atom stereocenters. The summed E-state index contributed by atoms with van der Waals surface area (Å²) in [6.07, 6.45) is 1.10. The maximum Gasteiger partial charge on any atom is 0.164 e. The summed E-state index contributed by atoms with van der Waals surface area (Å²) >= 11 is 0. The van der Waals surface area contributed by atoms with Gasteiger partial charge in [-0.25, -0.2) is 4.68 Å². The van der Waals surface area contributed by atoms with E-state index in [0.29, 0.717) is 17.9 Å². The van der Waals surface area contributed by atoms with Crippen molar-refractivity contribution in [2.45, 2.75) is 24.9 Å². The highest BCUT2D eigenvalue weighted by Crippen LogP contribution is 2.41. The van der Waals surface area contributed by atoms with E-state index in [9.17, 15) is 0 Å². The Labute approximate surface area is 130 Å². The molecule has 0 saturated carbocycles. The van der Waals surface area contributed by atoms with Crippen LogP contribution in [0.5, 0.6) is 0 Å². The highest BCUT2D eigenvalue weighted by molar-refractivity contribution is 5.23. The molecule has 2 fully saturated rings. The van der Waals surface area contributed by atoms with Crippen molar-refractivity contribution in [3.05, 3.63) is 41.7 Å². The van der Waals surface area contributed by atoms with Gasteiger partial charge in [-0.2, -0.15) is 0 Å². The maximum atomic E-state index is 5.77. The van der Waals surface area contributed by atoms with E-state index in [2.05, 4.69) is 50.8 Å². The van der Waals surface area contributed by atoms with Crippen molar-refractivity contribution in [1.29, 1.82) is 0 Å². The van der Waals surface area contributed by atoms with Crippen LogP contribution in [0.1, 0.15) is 23.7 Å². The number of benzene rings is 1. The number of ether oxygens (including phenoxy) is 1. The van der Waals surface area contributed by atoms with E-state index in [4.69, 9.17) is 4.74 Å². The van der Waals surface area contributed by atoms with Gasteiger partial charge in [-0.15, -0.1) is 5.10 Å². The summed E-state index contributed by atoms with van der Waals surface area (Å²) in [6.45, 7) is 3.58. The van der Waals surface area contributed by atoms with Crippen molar-refractivity contribution in [1.82, 2.24) is 25.1 Å². The molecule has 4 rings (SSSR count). The first-order valence-electron chi connectivity index (χ1n) is 7.91. The molecule has 3 unspecified atom stereocenters. The molecule has 0 bridgehead atoms. The van der Waals surface area contributed by atoms with Crippen LogP contribution in [-0.4, -0.2) is 50.9 Å². The van der Waals surface area contributed by atoms with Gasteiger partial charge in [0.05, 0.1) is 13.2 Å². The fourth-order valence-electron chi connectivity index (χ4n) is 3.91. The van der Waals surface area contributed by atoms with Gasteiger partial charge in [0.1, 0.15) is 0 Å². The van der Waals surface area contributed by atoms with Crippen LogP contribution in [0.3, 0.4) is 0 Å². The molecule has 2 aromatic rings. The Morgan fingerprint density at radius 3 is 2.91 bits per heavy atom. The molecule has 0 spiro atoms. The molecule has 3 heterocycles. The minimum atomic E-state index is 0.535. The lowest BCUT2D eigenvalue weighted by Crippen LogP contribution is -2.39. The minimum absolute atomic E-state index is 0.535. The van der Waals surface area contributed by atoms with Crippen molar-refractivity contribution in [3.8, 4) is 0 Å². The Hall–Kier alpha value is -1.79. The van der Waals surface area contributed by atoms with E-state index < -0.39 is 0 Å². The van der Waals surface area contributed by atoms with E-state index >= 15 is 0 Å². The van der Waals surface area contributed by atoms with Gasteiger partial charge in [-0.05, 0) is 22.4 Å². The molecular weight excluding hydrogens is 278 g/mol. The zero-order valence-electron chi connectivity index (χ0n) is 12.8. The molecule has 1 aromatic carbocycles. The molecule has 2 aliphatic rings. The van der Waals surface area contributed by atoms with Gasteiger partial charge in [0.15, 0.2) is 5.82 Å². The third kappa shape index (κ3) is 2.42. The number of hydrogen-bond acceptors (Lipinski definition) is 5. The summed E-state index contributed by atoms with van der Waals surface area (Å²) in [5.41, 5.74) is 1.42. The number of hydrogen-bond donors (Lipinski definition) is 0. The molecule has 0 radical (unpaired) electrons. The fraction of sp³-hybridized carbons (Fsp3) is 0.562. The van der Waals surface area contributed by atoms with Gasteiger partial charge in [-0.3, -0.25) is 4.90 Å². The largest absolute Gasteiger partial charge is 0.381 e. The summed E-state index contributed by atoms with van der Waals surface area (Å²) in [5.74, 6) is 2.03.